The highest BCUT2D eigenvalue weighted by Gasteiger charge is 2.31. The van der Waals surface area contributed by atoms with Gasteiger partial charge in [0.1, 0.15) is 0 Å². The molecular weight excluding hydrogens is 345 g/mol. The summed E-state index contributed by atoms with van der Waals surface area (Å²) in [5, 5.41) is 10.3. The van der Waals surface area contributed by atoms with Gasteiger partial charge < -0.3 is 10.3 Å². The number of fused-ring (bicyclic) bond motifs is 2. The number of hydrogen-bond acceptors (Lipinski definition) is 2. The van der Waals surface area contributed by atoms with Crippen molar-refractivity contribution in [3.05, 3.63) is 65.5 Å². The number of rotatable bonds is 3. The minimum atomic E-state index is -4.48. The maximum absolute atomic E-state index is 12.9. The zero-order valence-corrected chi connectivity index (χ0v) is 13.3. The van der Waals surface area contributed by atoms with Crippen LogP contribution < -0.4 is 5.32 Å². The molecule has 0 spiro atoms. The second-order valence-electron chi connectivity index (χ2n) is 5.87. The van der Waals surface area contributed by atoms with Gasteiger partial charge in [0.2, 0.25) is 0 Å². The predicted octanol–water partition coefficient (Wildman–Crippen LogP) is 3.99. The number of nitrogens with zero attached hydrogens (tertiary/aromatic N) is 1. The number of para-hydroxylation sites is 1. The molecule has 5 nitrogen and oxygen atoms in total. The van der Waals surface area contributed by atoms with Crippen LogP contribution in [0.5, 0.6) is 0 Å². The first-order valence-electron chi connectivity index (χ1n) is 7.82. The highest BCUT2D eigenvalue weighted by Crippen LogP contribution is 2.31. The van der Waals surface area contributed by atoms with E-state index in [1.165, 1.54) is 6.07 Å². The van der Waals surface area contributed by atoms with Gasteiger partial charge in [-0.3, -0.25) is 9.89 Å². The highest BCUT2D eigenvalue weighted by molar-refractivity contribution is 6.04. The van der Waals surface area contributed by atoms with Crippen LogP contribution in [0.1, 0.15) is 21.6 Å². The van der Waals surface area contributed by atoms with E-state index in [1.54, 1.807) is 6.20 Å². The van der Waals surface area contributed by atoms with Gasteiger partial charge in [-0.15, -0.1) is 0 Å². The van der Waals surface area contributed by atoms with Gasteiger partial charge in [-0.25, -0.2) is 0 Å². The van der Waals surface area contributed by atoms with Crippen LogP contribution in [-0.4, -0.2) is 21.1 Å². The molecule has 0 bridgehead atoms. The molecule has 2 aromatic heterocycles. The monoisotopic (exact) mass is 358 g/mol. The van der Waals surface area contributed by atoms with E-state index in [0.717, 1.165) is 28.6 Å². The number of halogens is 3. The molecule has 2 heterocycles. The molecule has 0 saturated carbocycles. The van der Waals surface area contributed by atoms with E-state index in [9.17, 15) is 18.0 Å². The normalized spacial score (nSPS) is 12.0. The average Bonchev–Trinajstić information content (AvgIpc) is 3.25. The summed E-state index contributed by atoms with van der Waals surface area (Å²) in [7, 11) is 0. The summed E-state index contributed by atoms with van der Waals surface area (Å²) in [6.07, 6.45) is -2.68. The number of H-pyrrole nitrogens is 2. The Morgan fingerprint density at radius 1 is 1.15 bits per heavy atom. The zero-order chi connectivity index (χ0) is 18.3. The Labute approximate surface area is 145 Å². The molecule has 132 valence electrons. The zero-order valence-electron chi connectivity index (χ0n) is 13.3. The van der Waals surface area contributed by atoms with Crippen molar-refractivity contribution in [1.29, 1.82) is 0 Å². The third kappa shape index (κ3) is 2.79. The van der Waals surface area contributed by atoms with Crippen LogP contribution >= 0.6 is 0 Å². The summed E-state index contributed by atoms with van der Waals surface area (Å²) in [5.74, 6) is -0.542. The first-order chi connectivity index (χ1) is 12.4. The van der Waals surface area contributed by atoms with Crippen molar-refractivity contribution < 1.29 is 18.0 Å². The van der Waals surface area contributed by atoms with Crippen molar-refractivity contribution in [1.82, 2.24) is 20.5 Å². The fourth-order valence-corrected chi connectivity index (χ4v) is 2.92. The number of amides is 1. The molecule has 0 unspecified atom stereocenters. The van der Waals surface area contributed by atoms with Gasteiger partial charge in [-0.05, 0) is 35.2 Å². The molecule has 0 radical (unpaired) electrons. The molecular formula is C18H13F3N4O. The number of aromatic amines is 2. The van der Waals surface area contributed by atoms with Gasteiger partial charge in [0.25, 0.3) is 5.91 Å². The second kappa shape index (κ2) is 5.91. The summed E-state index contributed by atoms with van der Waals surface area (Å²) < 4.78 is 38.7. The molecule has 0 fully saturated rings. The number of alkyl halides is 3. The van der Waals surface area contributed by atoms with Gasteiger partial charge in [-0.2, -0.15) is 18.3 Å². The minimum absolute atomic E-state index is 0.0650. The smallest absolute Gasteiger partial charge is 0.361 e. The van der Waals surface area contributed by atoms with Gasteiger partial charge in [0.05, 0.1) is 16.6 Å². The summed E-state index contributed by atoms with van der Waals surface area (Å²) in [4.78, 5) is 15.5. The van der Waals surface area contributed by atoms with Gasteiger partial charge in [-0.1, -0.05) is 18.2 Å². The summed E-state index contributed by atoms with van der Waals surface area (Å²) in [5.41, 5.74) is 1.26. The molecule has 1 amide bonds. The fourth-order valence-electron chi connectivity index (χ4n) is 2.92. The van der Waals surface area contributed by atoms with Crippen LogP contribution in [0.2, 0.25) is 0 Å². The van der Waals surface area contributed by atoms with Gasteiger partial charge in [0.15, 0.2) is 5.69 Å². The Hall–Kier alpha value is -3.29. The molecule has 8 heteroatoms. The molecule has 2 aromatic carbocycles. The van der Waals surface area contributed by atoms with Crippen LogP contribution in [0.15, 0.2) is 48.7 Å². The van der Waals surface area contributed by atoms with Crippen LogP contribution in [-0.2, 0) is 12.7 Å². The van der Waals surface area contributed by atoms with E-state index in [1.807, 2.05) is 24.3 Å². The third-order valence-electron chi connectivity index (χ3n) is 4.22. The van der Waals surface area contributed by atoms with E-state index in [-0.39, 0.29) is 17.6 Å². The molecule has 3 N–H and O–H groups in total. The molecule has 4 aromatic rings. The van der Waals surface area contributed by atoms with Crippen molar-refractivity contribution in [2.24, 2.45) is 0 Å². The quantitative estimate of drug-likeness (QED) is 0.518. The predicted molar refractivity (Wildman–Crippen MR) is 90.6 cm³/mol. The Morgan fingerprint density at radius 3 is 2.81 bits per heavy atom. The molecule has 0 aliphatic rings. The van der Waals surface area contributed by atoms with E-state index < -0.39 is 17.6 Å². The molecule has 0 aliphatic carbocycles. The largest absolute Gasteiger partial charge is 0.416 e. The minimum Gasteiger partial charge on any atom is -0.361 e. The fraction of sp³-hybridized carbons (Fsp3) is 0.111. The number of nitrogens with one attached hydrogen (secondary N) is 3. The van der Waals surface area contributed by atoms with Crippen molar-refractivity contribution in [2.75, 3.05) is 0 Å². The molecule has 0 aliphatic heterocycles. The number of carbonyl (C=O) groups excluding carboxylic acids is 1. The summed E-state index contributed by atoms with van der Waals surface area (Å²) >= 11 is 0. The summed E-state index contributed by atoms with van der Waals surface area (Å²) in [6, 6.07) is 10.7. The Morgan fingerprint density at radius 2 is 2.00 bits per heavy atom. The molecule has 26 heavy (non-hydrogen) atoms. The van der Waals surface area contributed by atoms with Crippen molar-refractivity contribution >= 4 is 27.7 Å². The maximum Gasteiger partial charge on any atom is 0.416 e. The van der Waals surface area contributed by atoms with Crippen LogP contribution in [0.3, 0.4) is 0 Å². The maximum atomic E-state index is 12.9. The number of carbonyl (C=O) groups is 1. The lowest BCUT2D eigenvalue weighted by atomic mass is 10.1. The first kappa shape index (κ1) is 16.2. The van der Waals surface area contributed by atoms with E-state index in [4.69, 9.17) is 0 Å². The summed E-state index contributed by atoms with van der Waals surface area (Å²) in [6.45, 7) is 0.226. The first-order valence-corrected chi connectivity index (χ1v) is 7.82. The lowest BCUT2D eigenvalue weighted by Gasteiger charge is -2.07. The number of benzene rings is 2. The van der Waals surface area contributed by atoms with Crippen molar-refractivity contribution in [3.63, 3.8) is 0 Å². The van der Waals surface area contributed by atoms with E-state index in [0.29, 0.717) is 5.52 Å². The lowest BCUT2D eigenvalue weighted by molar-refractivity contribution is -0.137. The van der Waals surface area contributed by atoms with Crippen molar-refractivity contribution in [3.8, 4) is 0 Å². The van der Waals surface area contributed by atoms with Crippen LogP contribution in [0.25, 0.3) is 21.8 Å². The third-order valence-corrected chi connectivity index (χ3v) is 4.22. The average molecular weight is 358 g/mol. The molecule has 0 saturated heterocycles. The van der Waals surface area contributed by atoms with Crippen molar-refractivity contribution in [2.45, 2.75) is 12.7 Å². The second-order valence-corrected chi connectivity index (χ2v) is 5.87. The van der Waals surface area contributed by atoms with E-state index >= 15 is 0 Å². The van der Waals surface area contributed by atoms with Gasteiger partial charge in [0, 0.05) is 18.1 Å². The number of hydrogen-bond donors (Lipinski definition) is 3. The Kier molecular flexibility index (Phi) is 3.68. The Bertz CT molecular complexity index is 1110. The van der Waals surface area contributed by atoms with Crippen LogP contribution in [0, 0.1) is 0 Å². The topological polar surface area (TPSA) is 73.6 Å². The van der Waals surface area contributed by atoms with Crippen LogP contribution in [0.4, 0.5) is 13.2 Å². The van der Waals surface area contributed by atoms with E-state index in [2.05, 4.69) is 20.5 Å². The lowest BCUT2D eigenvalue weighted by Crippen LogP contribution is -2.23. The highest BCUT2D eigenvalue weighted by atomic mass is 19.4. The SMILES string of the molecule is O=C(NCc1cccc2cc[nH]c12)c1n[nH]c2ccc(C(F)(F)F)cc12. The molecule has 0 atom stereocenters. The Balaban J connectivity index is 1.61. The standard InChI is InChI=1S/C18H13F3N4O/c19-18(20,21)12-4-5-14-13(8-12)16(25-24-14)17(26)23-9-11-3-1-2-10-6-7-22-15(10)11/h1-8,22H,9H2,(H,23,26)(H,24,25). The molecule has 4 rings (SSSR count). The number of aromatic nitrogens is 3. The van der Waals surface area contributed by atoms with Gasteiger partial charge >= 0.3 is 6.18 Å².